The first-order chi connectivity index (χ1) is 9.22. The molecule has 0 spiro atoms. The van der Waals surface area contributed by atoms with E-state index in [0.29, 0.717) is 22.4 Å². The zero-order valence-electron chi connectivity index (χ0n) is 11.6. The van der Waals surface area contributed by atoms with E-state index in [4.69, 9.17) is 25.8 Å². The van der Waals surface area contributed by atoms with Crippen molar-refractivity contribution in [3.63, 3.8) is 0 Å². The molecule has 4 nitrogen and oxygen atoms in total. The molecule has 0 aromatic heterocycles. The predicted octanol–water partition coefficient (Wildman–Crippen LogP) is 2.83. The van der Waals surface area contributed by atoms with Gasteiger partial charge in [-0.25, -0.2) is 0 Å². The van der Waals surface area contributed by atoms with Crippen molar-refractivity contribution in [2.45, 2.75) is 18.8 Å². The van der Waals surface area contributed by atoms with E-state index in [1.54, 1.807) is 21.3 Å². The Balaban J connectivity index is 2.50. The van der Waals surface area contributed by atoms with E-state index >= 15 is 0 Å². The lowest BCUT2D eigenvalue weighted by Crippen LogP contribution is -2.27. The number of rotatable bonds is 4. The van der Waals surface area contributed by atoms with Crippen molar-refractivity contribution in [2.24, 2.45) is 0 Å². The number of nitrogens with one attached hydrogen (secondary N) is 1. The SMILES string of the molecule is COc1cc(OC)c(C2CCNCC2)c(Cl)c1OC. The molecule has 1 aliphatic rings. The Morgan fingerprint density at radius 2 is 1.68 bits per heavy atom. The molecule has 106 valence electrons. The maximum Gasteiger partial charge on any atom is 0.179 e. The van der Waals surface area contributed by atoms with Gasteiger partial charge in [0, 0.05) is 11.6 Å². The van der Waals surface area contributed by atoms with Gasteiger partial charge in [0.05, 0.1) is 26.4 Å². The molecule has 1 aromatic carbocycles. The van der Waals surface area contributed by atoms with Gasteiger partial charge in [-0.1, -0.05) is 11.6 Å². The highest BCUT2D eigenvalue weighted by molar-refractivity contribution is 6.33. The molecule has 1 N–H and O–H groups in total. The summed E-state index contributed by atoms with van der Waals surface area (Å²) < 4.78 is 16.2. The van der Waals surface area contributed by atoms with Gasteiger partial charge in [0.25, 0.3) is 0 Å². The largest absolute Gasteiger partial charge is 0.496 e. The van der Waals surface area contributed by atoms with Crippen LogP contribution in [0.2, 0.25) is 5.02 Å². The minimum Gasteiger partial charge on any atom is -0.496 e. The first-order valence-electron chi connectivity index (χ1n) is 6.42. The lowest BCUT2D eigenvalue weighted by molar-refractivity contribution is 0.344. The van der Waals surface area contributed by atoms with Crippen LogP contribution in [0.25, 0.3) is 0 Å². The molecule has 1 fully saturated rings. The third-order valence-corrected chi connectivity index (χ3v) is 3.95. The minimum absolute atomic E-state index is 0.392. The van der Waals surface area contributed by atoms with Crippen molar-refractivity contribution in [3.8, 4) is 17.2 Å². The summed E-state index contributed by atoms with van der Waals surface area (Å²) in [5.74, 6) is 2.35. The number of hydrogen-bond donors (Lipinski definition) is 1. The van der Waals surface area contributed by atoms with Crippen LogP contribution in [0, 0.1) is 0 Å². The Kier molecular flexibility index (Phi) is 4.77. The van der Waals surface area contributed by atoms with Crippen molar-refractivity contribution in [3.05, 3.63) is 16.7 Å². The molecule has 5 heteroatoms. The first-order valence-corrected chi connectivity index (χ1v) is 6.79. The molecule has 1 saturated heterocycles. The number of piperidine rings is 1. The summed E-state index contributed by atoms with van der Waals surface area (Å²) in [4.78, 5) is 0. The number of methoxy groups -OCH3 is 3. The Labute approximate surface area is 119 Å². The Morgan fingerprint density at radius 3 is 2.21 bits per heavy atom. The van der Waals surface area contributed by atoms with E-state index in [2.05, 4.69) is 5.32 Å². The topological polar surface area (TPSA) is 39.7 Å². The summed E-state index contributed by atoms with van der Waals surface area (Å²) in [5.41, 5.74) is 1.03. The van der Waals surface area contributed by atoms with Crippen LogP contribution >= 0.6 is 11.6 Å². The summed E-state index contributed by atoms with van der Waals surface area (Å²) in [7, 11) is 4.85. The summed E-state index contributed by atoms with van der Waals surface area (Å²) in [5, 5.41) is 3.96. The third kappa shape index (κ3) is 2.74. The molecule has 1 heterocycles. The van der Waals surface area contributed by atoms with Gasteiger partial charge in [0.2, 0.25) is 0 Å². The molecule has 0 aliphatic carbocycles. The Hall–Kier alpha value is -1.13. The third-order valence-electron chi connectivity index (χ3n) is 3.58. The maximum atomic E-state index is 6.50. The van der Waals surface area contributed by atoms with Gasteiger partial charge in [-0.15, -0.1) is 0 Å². The van der Waals surface area contributed by atoms with Gasteiger partial charge >= 0.3 is 0 Å². The normalized spacial score (nSPS) is 16.2. The average Bonchev–Trinajstić information content (AvgIpc) is 2.46. The van der Waals surface area contributed by atoms with Gasteiger partial charge in [-0.3, -0.25) is 0 Å². The van der Waals surface area contributed by atoms with Crippen LogP contribution in [0.3, 0.4) is 0 Å². The molecule has 0 saturated carbocycles. The van der Waals surface area contributed by atoms with Gasteiger partial charge in [-0.05, 0) is 31.8 Å². The molecule has 0 atom stereocenters. The maximum absolute atomic E-state index is 6.50. The minimum atomic E-state index is 0.392. The lowest BCUT2D eigenvalue weighted by Gasteiger charge is -2.26. The van der Waals surface area contributed by atoms with E-state index in [9.17, 15) is 0 Å². The predicted molar refractivity (Wildman–Crippen MR) is 76.0 cm³/mol. The molecule has 1 aromatic rings. The van der Waals surface area contributed by atoms with Crippen LogP contribution in [-0.2, 0) is 0 Å². The van der Waals surface area contributed by atoms with Crippen molar-refractivity contribution in [2.75, 3.05) is 34.4 Å². The second-order valence-corrected chi connectivity index (χ2v) is 4.94. The highest BCUT2D eigenvalue weighted by atomic mass is 35.5. The van der Waals surface area contributed by atoms with E-state index in [-0.39, 0.29) is 0 Å². The molecule has 0 bridgehead atoms. The van der Waals surface area contributed by atoms with Crippen LogP contribution in [0.5, 0.6) is 17.2 Å². The summed E-state index contributed by atoms with van der Waals surface area (Å²) in [6.45, 7) is 2.00. The van der Waals surface area contributed by atoms with E-state index in [0.717, 1.165) is 37.2 Å². The fourth-order valence-corrected chi connectivity index (χ4v) is 3.02. The Bertz CT molecular complexity index is 445. The second-order valence-electron chi connectivity index (χ2n) is 4.57. The average molecular weight is 286 g/mol. The zero-order valence-corrected chi connectivity index (χ0v) is 12.3. The summed E-state index contributed by atoms with van der Waals surface area (Å²) in [6, 6.07) is 1.85. The van der Waals surface area contributed by atoms with Gasteiger partial charge < -0.3 is 19.5 Å². The van der Waals surface area contributed by atoms with Crippen LogP contribution in [0.1, 0.15) is 24.3 Å². The Morgan fingerprint density at radius 1 is 1.05 bits per heavy atom. The van der Waals surface area contributed by atoms with Crippen LogP contribution < -0.4 is 19.5 Å². The fourth-order valence-electron chi connectivity index (χ4n) is 2.60. The first kappa shape index (κ1) is 14.3. The quantitative estimate of drug-likeness (QED) is 0.923. The van der Waals surface area contributed by atoms with E-state index < -0.39 is 0 Å². The molecule has 0 unspecified atom stereocenters. The van der Waals surface area contributed by atoms with Crippen LogP contribution in [0.4, 0.5) is 0 Å². The number of hydrogen-bond acceptors (Lipinski definition) is 4. The van der Waals surface area contributed by atoms with Crippen molar-refractivity contribution >= 4 is 11.6 Å². The highest BCUT2D eigenvalue weighted by Gasteiger charge is 2.26. The molecular weight excluding hydrogens is 266 g/mol. The molecule has 2 rings (SSSR count). The summed E-state index contributed by atoms with van der Waals surface area (Å²) in [6.07, 6.45) is 2.09. The fraction of sp³-hybridized carbons (Fsp3) is 0.571. The van der Waals surface area contributed by atoms with Gasteiger partial charge in [0.1, 0.15) is 5.75 Å². The second kappa shape index (κ2) is 6.35. The standard InChI is InChI=1S/C14H20ClNO3/c1-17-10-8-11(18-2)14(19-3)13(15)12(10)9-4-6-16-7-5-9/h8-9,16H,4-7H2,1-3H3. The van der Waals surface area contributed by atoms with Crippen LogP contribution in [0.15, 0.2) is 6.07 Å². The summed E-state index contributed by atoms with van der Waals surface area (Å²) >= 11 is 6.50. The smallest absolute Gasteiger partial charge is 0.179 e. The monoisotopic (exact) mass is 285 g/mol. The van der Waals surface area contributed by atoms with Crippen molar-refractivity contribution in [1.29, 1.82) is 0 Å². The number of benzene rings is 1. The molecule has 0 amide bonds. The lowest BCUT2D eigenvalue weighted by atomic mass is 9.89. The molecule has 0 radical (unpaired) electrons. The molecular formula is C14H20ClNO3. The van der Waals surface area contributed by atoms with E-state index in [1.165, 1.54) is 0 Å². The molecule has 19 heavy (non-hydrogen) atoms. The van der Waals surface area contributed by atoms with Gasteiger partial charge in [-0.2, -0.15) is 0 Å². The molecule has 1 aliphatic heterocycles. The number of ether oxygens (including phenoxy) is 3. The van der Waals surface area contributed by atoms with Gasteiger partial charge in [0.15, 0.2) is 11.5 Å². The van der Waals surface area contributed by atoms with Crippen molar-refractivity contribution < 1.29 is 14.2 Å². The highest BCUT2D eigenvalue weighted by Crippen LogP contribution is 2.47. The van der Waals surface area contributed by atoms with E-state index in [1.807, 2.05) is 6.07 Å². The zero-order chi connectivity index (χ0) is 13.8. The van der Waals surface area contributed by atoms with Crippen molar-refractivity contribution in [1.82, 2.24) is 5.32 Å². The van der Waals surface area contributed by atoms with Crippen LogP contribution in [-0.4, -0.2) is 34.4 Å². The number of halogens is 1.